The molecule has 1 heterocycles. The normalized spacial score (nSPS) is 16.3. The lowest BCUT2D eigenvalue weighted by atomic mass is 10.1. The molecule has 0 saturated carbocycles. The number of piperidine rings is 1. The van der Waals surface area contributed by atoms with E-state index in [1.165, 1.54) is 5.56 Å². The Balaban J connectivity index is 1.74. The number of aryl methyl sites for hydroxylation is 1. The zero-order valence-corrected chi connectivity index (χ0v) is 10.7. The van der Waals surface area contributed by atoms with Crippen molar-refractivity contribution in [1.29, 1.82) is 0 Å². The molecule has 1 aromatic rings. The highest BCUT2D eigenvalue weighted by Gasteiger charge is 2.15. The van der Waals surface area contributed by atoms with E-state index in [0.717, 1.165) is 31.5 Å². The summed E-state index contributed by atoms with van der Waals surface area (Å²) in [6.07, 6.45) is 1.63. The Morgan fingerprint density at radius 2 is 2.22 bits per heavy atom. The summed E-state index contributed by atoms with van der Waals surface area (Å²) < 4.78 is 5.22. The van der Waals surface area contributed by atoms with E-state index >= 15 is 0 Å². The van der Waals surface area contributed by atoms with E-state index in [1.54, 1.807) is 0 Å². The van der Waals surface area contributed by atoms with E-state index < -0.39 is 0 Å². The Morgan fingerprint density at radius 3 is 2.94 bits per heavy atom. The second-order valence-corrected chi connectivity index (χ2v) is 4.73. The van der Waals surface area contributed by atoms with Crippen LogP contribution in [0.2, 0.25) is 0 Å². The van der Waals surface area contributed by atoms with Gasteiger partial charge in [0.2, 0.25) is 0 Å². The van der Waals surface area contributed by atoms with Crippen LogP contribution in [0.1, 0.15) is 24.0 Å². The maximum Gasteiger partial charge on any atom is 0.407 e. The van der Waals surface area contributed by atoms with Crippen LogP contribution in [0, 0.1) is 6.92 Å². The molecule has 1 aliphatic rings. The number of nitrogens with one attached hydrogen (secondary N) is 2. The van der Waals surface area contributed by atoms with Crippen molar-refractivity contribution in [2.75, 3.05) is 13.1 Å². The molecule has 4 heteroatoms. The number of benzene rings is 1. The average Bonchev–Trinajstić information content (AvgIpc) is 2.38. The monoisotopic (exact) mass is 248 g/mol. The fraction of sp³-hybridized carbons (Fsp3) is 0.500. The molecule has 98 valence electrons. The zero-order chi connectivity index (χ0) is 12.8. The molecule has 0 aliphatic carbocycles. The van der Waals surface area contributed by atoms with Crippen LogP contribution in [-0.4, -0.2) is 25.2 Å². The van der Waals surface area contributed by atoms with Gasteiger partial charge in [-0.15, -0.1) is 0 Å². The van der Waals surface area contributed by atoms with E-state index in [1.807, 2.05) is 31.2 Å². The van der Waals surface area contributed by atoms with Crippen molar-refractivity contribution < 1.29 is 9.53 Å². The number of ether oxygens (including phenoxy) is 1. The van der Waals surface area contributed by atoms with Gasteiger partial charge in [-0.1, -0.05) is 29.8 Å². The van der Waals surface area contributed by atoms with Crippen LogP contribution in [0.3, 0.4) is 0 Å². The lowest BCUT2D eigenvalue weighted by Gasteiger charge is -2.23. The first kappa shape index (κ1) is 12.9. The van der Waals surface area contributed by atoms with E-state index in [2.05, 4.69) is 10.6 Å². The van der Waals surface area contributed by atoms with Gasteiger partial charge in [0.15, 0.2) is 0 Å². The van der Waals surface area contributed by atoms with Gasteiger partial charge in [-0.25, -0.2) is 4.79 Å². The fourth-order valence-corrected chi connectivity index (χ4v) is 2.13. The standard InChI is InChI=1S/C14H20N2O2/c1-11-3-2-4-12(9-11)10-18-14(17)16-13-5-7-15-8-6-13/h2-4,9,13,15H,5-8,10H2,1H3,(H,16,17). The lowest BCUT2D eigenvalue weighted by molar-refractivity contribution is 0.133. The summed E-state index contributed by atoms with van der Waals surface area (Å²) in [6, 6.07) is 8.23. The molecule has 1 aliphatic heterocycles. The molecule has 2 N–H and O–H groups in total. The molecule has 0 spiro atoms. The minimum Gasteiger partial charge on any atom is -0.445 e. The molecular formula is C14H20N2O2. The predicted molar refractivity (Wildman–Crippen MR) is 70.4 cm³/mol. The number of hydrogen-bond acceptors (Lipinski definition) is 3. The van der Waals surface area contributed by atoms with Crippen molar-refractivity contribution in [3.05, 3.63) is 35.4 Å². The average molecular weight is 248 g/mol. The van der Waals surface area contributed by atoms with Gasteiger partial charge in [-0.2, -0.15) is 0 Å². The van der Waals surface area contributed by atoms with Crippen LogP contribution in [0.25, 0.3) is 0 Å². The molecule has 1 saturated heterocycles. The van der Waals surface area contributed by atoms with E-state index in [4.69, 9.17) is 4.74 Å². The summed E-state index contributed by atoms with van der Waals surface area (Å²) in [5, 5.41) is 6.16. The number of rotatable bonds is 3. The van der Waals surface area contributed by atoms with Crippen molar-refractivity contribution in [1.82, 2.24) is 10.6 Å². The smallest absolute Gasteiger partial charge is 0.407 e. The van der Waals surface area contributed by atoms with Gasteiger partial charge in [-0.3, -0.25) is 0 Å². The van der Waals surface area contributed by atoms with Crippen molar-refractivity contribution in [2.45, 2.75) is 32.4 Å². The van der Waals surface area contributed by atoms with E-state index in [0.29, 0.717) is 6.61 Å². The van der Waals surface area contributed by atoms with Gasteiger partial charge < -0.3 is 15.4 Å². The van der Waals surface area contributed by atoms with Crippen LogP contribution in [0.5, 0.6) is 0 Å². The second kappa shape index (κ2) is 6.40. The van der Waals surface area contributed by atoms with Gasteiger partial charge in [0, 0.05) is 6.04 Å². The SMILES string of the molecule is Cc1cccc(COC(=O)NC2CCNCC2)c1. The summed E-state index contributed by atoms with van der Waals surface area (Å²) in [5.41, 5.74) is 2.20. The molecule has 0 aromatic heterocycles. The predicted octanol–water partition coefficient (Wildman–Crippen LogP) is 1.97. The molecule has 0 radical (unpaired) electrons. The summed E-state index contributed by atoms with van der Waals surface area (Å²) in [7, 11) is 0. The molecule has 1 amide bonds. The Morgan fingerprint density at radius 1 is 1.44 bits per heavy atom. The van der Waals surface area contributed by atoms with Gasteiger partial charge in [-0.05, 0) is 38.4 Å². The zero-order valence-electron chi connectivity index (χ0n) is 10.7. The van der Waals surface area contributed by atoms with Crippen molar-refractivity contribution in [2.24, 2.45) is 0 Å². The third-order valence-corrected chi connectivity index (χ3v) is 3.11. The third-order valence-electron chi connectivity index (χ3n) is 3.11. The summed E-state index contributed by atoms with van der Waals surface area (Å²) in [6.45, 7) is 4.28. The number of carbonyl (C=O) groups excluding carboxylic acids is 1. The van der Waals surface area contributed by atoms with Gasteiger partial charge in [0.25, 0.3) is 0 Å². The third kappa shape index (κ3) is 4.04. The van der Waals surface area contributed by atoms with Crippen molar-refractivity contribution >= 4 is 6.09 Å². The molecule has 0 unspecified atom stereocenters. The topological polar surface area (TPSA) is 50.4 Å². The Hall–Kier alpha value is -1.55. The molecule has 18 heavy (non-hydrogen) atoms. The Kier molecular flexibility index (Phi) is 4.59. The van der Waals surface area contributed by atoms with Crippen LogP contribution >= 0.6 is 0 Å². The Bertz CT molecular complexity index is 401. The molecular weight excluding hydrogens is 228 g/mol. The minimum absolute atomic E-state index is 0.247. The quantitative estimate of drug-likeness (QED) is 0.860. The molecule has 0 bridgehead atoms. The molecule has 1 fully saturated rings. The first-order valence-electron chi connectivity index (χ1n) is 6.43. The first-order chi connectivity index (χ1) is 8.74. The highest BCUT2D eigenvalue weighted by molar-refractivity contribution is 5.67. The van der Waals surface area contributed by atoms with E-state index in [-0.39, 0.29) is 12.1 Å². The maximum absolute atomic E-state index is 11.6. The minimum atomic E-state index is -0.316. The number of carbonyl (C=O) groups is 1. The van der Waals surface area contributed by atoms with E-state index in [9.17, 15) is 4.79 Å². The van der Waals surface area contributed by atoms with Crippen molar-refractivity contribution in [3.63, 3.8) is 0 Å². The molecule has 4 nitrogen and oxygen atoms in total. The summed E-state index contributed by atoms with van der Waals surface area (Å²) in [4.78, 5) is 11.6. The summed E-state index contributed by atoms with van der Waals surface area (Å²) in [5.74, 6) is 0. The highest BCUT2D eigenvalue weighted by Crippen LogP contribution is 2.06. The number of hydrogen-bond donors (Lipinski definition) is 2. The first-order valence-corrected chi connectivity index (χ1v) is 6.43. The largest absolute Gasteiger partial charge is 0.445 e. The molecule has 1 aromatic carbocycles. The second-order valence-electron chi connectivity index (χ2n) is 4.73. The highest BCUT2D eigenvalue weighted by atomic mass is 16.5. The van der Waals surface area contributed by atoms with Crippen LogP contribution < -0.4 is 10.6 Å². The van der Waals surface area contributed by atoms with Gasteiger partial charge in [0.05, 0.1) is 0 Å². The lowest BCUT2D eigenvalue weighted by Crippen LogP contribution is -2.42. The number of amides is 1. The fourth-order valence-electron chi connectivity index (χ4n) is 2.13. The van der Waals surface area contributed by atoms with Gasteiger partial charge >= 0.3 is 6.09 Å². The molecule has 0 atom stereocenters. The van der Waals surface area contributed by atoms with Crippen LogP contribution in [-0.2, 0) is 11.3 Å². The maximum atomic E-state index is 11.6. The Labute approximate surface area is 108 Å². The van der Waals surface area contributed by atoms with Gasteiger partial charge in [0.1, 0.15) is 6.61 Å². The summed E-state index contributed by atoms with van der Waals surface area (Å²) >= 11 is 0. The van der Waals surface area contributed by atoms with Crippen LogP contribution in [0.15, 0.2) is 24.3 Å². The number of alkyl carbamates (subject to hydrolysis) is 1. The molecule has 2 rings (SSSR count). The van der Waals surface area contributed by atoms with Crippen LogP contribution in [0.4, 0.5) is 4.79 Å². The van der Waals surface area contributed by atoms with Crippen molar-refractivity contribution in [3.8, 4) is 0 Å².